The van der Waals surface area contributed by atoms with Gasteiger partial charge in [-0.25, -0.2) is 4.98 Å². The molecule has 2 aromatic rings. The van der Waals surface area contributed by atoms with Crippen LogP contribution in [0.1, 0.15) is 29.8 Å². The number of methoxy groups -OCH3 is 1. The molecule has 0 saturated carbocycles. The molecule has 0 saturated heterocycles. The number of hydrogen-bond donors (Lipinski definition) is 0. The minimum absolute atomic E-state index is 0.0966. The van der Waals surface area contributed by atoms with E-state index in [1.54, 1.807) is 37.4 Å². The lowest BCUT2D eigenvalue weighted by molar-refractivity contribution is 0.0784. The maximum absolute atomic E-state index is 12.7. The van der Waals surface area contributed by atoms with Crippen molar-refractivity contribution >= 4 is 23.3 Å². The Labute approximate surface area is 154 Å². The lowest BCUT2D eigenvalue weighted by atomic mass is 10.1. The molecule has 0 fully saturated rings. The van der Waals surface area contributed by atoms with Gasteiger partial charge in [0.1, 0.15) is 11.6 Å². The maximum atomic E-state index is 12.7. The Bertz CT molecular complexity index is 715. The van der Waals surface area contributed by atoms with Gasteiger partial charge in [-0.1, -0.05) is 11.6 Å². The molecule has 1 amide bonds. The summed E-state index contributed by atoms with van der Waals surface area (Å²) < 4.78 is 5.34. The van der Waals surface area contributed by atoms with E-state index in [9.17, 15) is 4.79 Å². The van der Waals surface area contributed by atoms with Crippen LogP contribution in [0, 0.1) is 0 Å². The number of halogens is 1. The zero-order chi connectivity index (χ0) is 18.4. The van der Waals surface area contributed by atoms with Crippen molar-refractivity contribution in [2.24, 2.45) is 0 Å². The van der Waals surface area contributed by atoms with E-state index in [1.807, 2.05) is 18.2 Å². The van der Waals surface area contributed by atoms with Gasteiger partial charge in [0.2, 0.25) is 0 Å². The highest BCUT2D eigenvalue weighted by Gasteiger charge is 2.15. The fourth-order valence-electron chi connectivity index (χ4n) is 2.67. The quantitative estimate of drug-likeness (QED) is 0.751. The molecular formula is C19H24ClN3O2. The van der Waals surface area contributed by atoms with Gasteiger partial charge in [0, 0.05) is 43.5 Å². The van der Waals surface area contributed by atoms with Crippen LogP contribution in [0.15, 0.2) is 36.5 Å². The van der Waals surface area contributed by atoms with Crippen LogP contribution >= 0.6 is 11.6 Å². The lowest BCUT2D eigenvalue weighted by Crippen LogP contribution is -2.27. The number of amides is 1. The van der Waals surface area contributed by atoms with Crippen molar-refractivity contribution in [2.75, 3.05) is 32.1 Å². The van der Waals surface area contributed by atoms with Crippen LogP contribution in [0.4, 0.5) is 5.82 Å². The fourth-order valence-corrected chi connectivity index (χ4v) is 2.86. The minimum Gasteiger partial charge on any atom is -0.496 e. The van der Waals surface area contributed by atoms with E-state index >= 15 is 0 Å². The van der Waals surface area contributed by atoms with Crippen LogP contribution in [0.3, 0.4) is 0 Å². The number of nitrogens with zero attached hydrogens (tertiary/aromatic N) is 3. The topological polar surface area (TPSA) is 45.7 Å². The van der Waals surface area contributed by atoms with Crippen molar-refractivity contribution in [1.29, 1.82) is 0 Å². The van der Waals surface area contributed by atoms with Crippen LogP contribution in [0.2, 0.25) is 5.02 Å². The number of rotatable bonds is 7. The summed E-state index contributed by atoms with van der Waals surface area (Å²) in [6, 6.07) is 9.08. The van der Waals surface area contributed by atoms with E-state index in [-0.39, 0.29) is 5.91 Å². The first-order valence-electron chi connectivity index (χ1n) is 8.29. The van der Waals surface area contributed by atoms with Crippen LogP contribution in [0.25, 0.3) is 0 Å². The first-order valence-corrected chi connectivity index (χ1v) is 8.66. The van der Waals surface area contributed by atoms with Gasteiger partial charge < -0.3 is 14.5 Å². The number of anilines is 1. The number of carbonyl (C=O) groups excluding carboxylic acids is 1. The van der Waals surface area contributed by atoms with Gasteiger partial charge in [0.15, 0.2) is 0 Å². The third-order valence-corrected chi connectivity index (χ3v) is 4.31. The molecule has 0 N–H and O–H groups in total. The van der Waals surface area contributed by atoms with Crippen LogP contribution in [-0.2, 0) is 6.54 Å². The van der Waals surface area contributed by atoms with E-state index in [0.717, 1.165) is 24.5 Å². The average molecular weight is 362 g/mol. The standard InChI is InChI=1S/C19H24ClN3O2/c1-5-23(6-2)18-10-7-14(12-21-18)19(24)22(3)13-15-11-16(20)8-9-17(15)25-4/h7-12H,5-6,13H2,1-4H3. The van der Waals surface area contributed by atoms with Gasteiger partial charge >= 0.3 is 0 Å². The molecule has 0 aliphatic heterocycles. The van der Waals surface area contributed by atoms with Crippen LogP contribution < -0.4 is 9.64 Å². The predicted octanol–water partition coefficient (Wildman–Crippen LogP) is 3.86. The molecule has 0 spiro atoms. The molecule has 0 aliphatic rings. The van der Waals surface area contributed by atoms with Gasteiger partial charge in [-0.3, -0.25) is 4.79 Å². The summed E-state index contributed by atoms with van der Waals surface area (Å²) in [5.41, 5.74) is 1.41. The van der Waals surface area contributed by atoms with Crippen molar-refractivity contribution in [3.05, 3.63) is 52.7 Å². The molecule has 0 unspecified atom stereocenters. The van der Waals surface area contributed by atoms with Crippen molar-refractivity contribution in [3.8, 4) is 5.75 Å². The van der Waals surface area contributed by atoms with E-state index in [1.165, 1.54) is 0 Å². The third kappa shape index (κ3) is 4.63. The van der Waals surface area contributed by atoms with E-state index in [4.69, 9.17) is 16.3 Å². The molecule has 134 valence electrons. The normalized spacial score (nSPS) is 10.4. The van der Waals surface area contributed by atoms with Crippen molar-refractivity contribution in [3.63, 3.8) is 0 Å². The molecule has 0 radical (unpaired) electrons. The third-order valence-electron chi connectivity index (χ3n) is 4.08. The number of aromatic nitrogens is 1. The molecule has 1 heterocycles. The molecule has 1 aromatic heterocycles. The smallest absolute Gasteiger partial charge is 0.255 e. The highest BCUT2D eigenvalue weighted by molar-refractivity contribution is 6.30. The average Bonchev–Trinajstić information content (AvgIpc) is 2.63. The number of carbonyl (C=O) groups is 1. The van der Waals surface area contributed by atoms with Crippen LogP contribution in [-0.4, -0.2) is 43.0 Å². The van der Waals surface area contributed by atoms with Gasteiger partial charge in [-0.15, -0.1) is 0 Å². The fraction of sp³-hybridized carbons (Fsp3) is 0.368. The number of hydrogen-bond acceptors (Lipinski definition) is 4. The molecule has 2 rings (SSSR count). The Morgan fingerprint density at radius 1 is 1.20 bits per heavy atom. The molecule has 6 heteroatoms. The predicted molar refractivity (Wildman–Crippen MR) is 102 cm³/mol. The largest absolute Gasteiger partial charge is 0.496 e. The second-order valence-electron chi connectivity index (χ2n) is 5.69. The lowest BCUT2D eigenvalue weighted by Gasteiger charge is -2.21. The molecule has 1 aromatic carbocycles. The van der Waals surface area contributed by atoms with E-state index in [2.05, 4.69) is 23.7 Å². The molecule has 0 bridgehead atoms. The Balaban J connectivity index is 2.13. The molecule has 5 nitrogen and oxygen atoms in total. The zero-order valence-corrected chi connectivity index (χ0v) is 15.9. The Kier molecular flexibility index (Phi) is 6.65. The van der Waals surface area contributed by atoms with Crippen molar-refractivity contribution in [2.45, 2.75) is 20.4 Å². The summed E-state index contributed by atoms with van der Waals surface area (Å²) in [5.74, 6) is 1.49. The van der Waals surface area contributed by atoms with E-state index < -0.39 is 0 Å². The summed E-state index contributed by atoms with van der Waals surface area (Å²) in [7, 11) is 3.35. The number of ether oxygens (including phenoxy) is 1. The maximum Gasteiger partial charge on any atom is 0.255 e. The van der Waals surface area contributed by atoms with Gasteiger partial charge in [0.25, 0.3) is 5.91 Å². The highest BCUT2D eigenvalue weighted by Crippen LogP contribution is 2.24. The molecular weight excluding hydrogens is 338 g/mol. The molecule has 0 aliphatic carbocycles. The zero-order valence-electron chi connectivity index (χ0n) is 15.1. The number of benzene rings is 1. The van der Waals surface area contributed by atoms with Gasteiger partial charge in [-0.05, 0) is 44.2 Å². The van der Waals surface area contributed by atoms with Crippen molar-refractivity contribution < 1.29 is 9.53 Å². The van der Waals surface area contributed by atoms with E-state index in [0.29, 0.717) is 22.9 Å². The summed E-state index contributed by atoms with van der Waals surface area (Å²) >= 11 is 6.05. The molecule has 25 heavy (non-hydrogen) atoms. The Morgan fingerprint density at radius 2 is 1.92 bits per heavy atom. The number of pyridine rings is 1. The summed E-state index contributed by atoms with van der Waals surface area (Å²) in [6.45, 7) is 6.32. The second-order valence-corrected chi connectivity index (χ2v) is 6.13. The summed E-state index contributed by atoms with van der Waals surface area (Å²) in [6.07, 6.45) is 1.63. The SMILES string of the molecule is CCN(CC)c1ccc(C(=O)N(C)Cc2cc(Cl)ccc2OC)cn1. The Morgan fingerprint density at radius 3 is 2.48 bits per heavy atom. The second kappa shape index (κ2) is 8.72. The molecule has 0 atom stereocenters. The first-order chi connectivity index (χ1) is 12.0. The monoisotopic (exact) mass is 361 g/mol. The summed E-state index contributed by atoms with van der Waals surface area (Å²) in [5, 5.41) is 0.613. The highest BCUT2D eigenvalue weighted by atomic mass is 35.5. The van der Waals surface area contributed by atoms with Crippen LogP contribution in [0.5, 0.6) is 5.75 Å². The summed E-state index contributed by atoms with van der Waals surface area (Å²) in [4.78, 5) is 20.8. The first kappa shape index (κ1) is 19.1. The Hall–Kier alpha value is -2.27. The van der Waals surface area contributed by atoms with Crippen molar-refractivity contribution in [1.82, 2.24) is 9.88 Å². The van der Waals surface area contributed by atoms with Gasteiger partial charge in [-0.2, -0.15) is 0 Å². The van der Waals surface area contributed by atoms with Gasteiger partial charge in [0.05, 0.1) is 12.7 Å². The minimum atomic E-state index is -0.0966.